The van der Waals surface area contributed by atoms with Gasteiger partial charge in [0.1, 0.15) is 5.82 Å². The number of hydrogen-bond acceptors (Lipinski definition) is 2. The lowest BCUT2D eigenvalue weighted by molar-refractivity contribution is 0.256. The number of urea groups is 1. The molecule has 2 aromatic carbocycles. The van der Waals surface area contributed by atoms with Gasteiger partial charge < -0.3 is 5.73 Å². The summed E-state index contributed by atoms with van der Waals surface area (Å²) in [6.45, 7) is 5.97. The summed E-state index contributed by atoms with van der Waals surface area (Å²) < 4.78 is 0. The number of carbonyl (C=O) groups excluding carboxylic acids is 1. The molecule has 126 valence electrons. The van der Waals surface area contributed by atoms with Crippen molar-refractivity contribution in [2.24, 2.45) is 5.73 Å². The van der Waals surface area contributed by atoms with E-state index in [0.717, 1.165) is 33.6 Å². The molecule has 0 aliphatic heterocycles. The van der Waals surface area contributed by atoms with E-state index < -0.39 is 6.03 Å². The Kier molecular flexibility index (Phi) is 4.52. The summed E-state index contributed by atoms with van der Waals surface area (Å²) in [5.74, 6) is 0.519. The number of rotatable bonds is 3. The molecule has 0 saturated heterocycles. The maximum Gasteiger partial charge on any atom is 0.325 e. The van der Waals surface area contributed by atoms with Gasteiger partial charge >= 0.3 is 6.03 Å². The van der Waals surface area contributed by atoms with Gasteiger partial charge in [-0.15, -0.1) is 0 Å². The highest BCUT2D eigenvalue weighted by Crippen LogP contribution is 2.32. The molecule has 0 saturated carbocycles. The fourth-order valence-electron chi connectivity index (χ4n) is 3.05. The van der Waals surface area contributed by atoms with Crippen molar-refractivity contribution < 1.29 is 4.79 Å². The molecule has 0 atom stereocenters. The Morgan fingerprint density at radius 2 is 1.44 bits per heavy atom. The molecule has 4 heteroatoms. The summed E-state index contributed by atoms with van der Waals surface area (Å²) in [5, 5.41) is 0. The first-order chi connectivity index (χ1) is 12.0. The Morgan fingerprint density at radius 3 is 2.08 bits per heavy atom. The number of hydrogen-bond donors (Lipinski definition) is 1. The first-order valence-electron chi connectivity index (χ1n) is 8.18. The number of amides is 2. The van der Waals surface area contributed by atoms with Crippen LogP contribution in [0.25, 0.3) is 11.3 Å². The van der Waals surface area contributed by atoms with Crippen LogP contribution in [0.3, 0.4) is 0 Å². The van der Waals surface area contributed by atoms with E-state index >= 15 is 0 Å². The van der Waals surface area contributed by atoms with Gasteiger partial charge in [-0.05, 0) is 49.6 Å². The molecule has 0 spiro atoms. The van der Waals surface area contributed by atoms with Gasteiger partial charge in [-0.25, -0.2) is 14.7 Å². The molecule has 1 aromatic heterocycles. The zero-order valence-corrected chi connectivity index (χ0v) is 14.7. The van der Waals surface area contributed by atoms with Gasteiger partial charge in [-0.1, -0.05) is 48.5 Å². The molecule has 1 heterocycles. The minimum atomic E-state index is -0.549. The fraction of sp³-hybridized carbons (Fsp3) is 0.143. The van der Waals surface area contributed by atoms with Crippen molar-refractivity contribution >= 4 is 17.5 Å². The average Bonchev–Trinajstić information content (AvgIpc) is 2.58. The monoisotopic (exact) mass is 331 g/mol. The number of nitrogens with zero attached hydrogens (tertiary/aromatic N) is 2. The van der Waals surface area contributed by atoms with Crippen molar-refractivity contribution in [3.05, 3.63) is 77.4 Å². The second-order valence-electron chi connectivity index (χ2n) is 6.11. The largest absolute Gasteiger partial charge is 0.351 e. The van der Waals surface area contributed by atoms with Gasteiger partial charge in [-0.3, -0.25) is 0 Å². The van der Waals surface area contributed by atoms with Gasteiger partial charge in [0.25, 0.3) is 0 Å². The standard InChI is InChI=1S/C21H21N3O/c1-14-8-4-5-11-17(14)18-12-7-13-19(23-18)24(21(22)25)20-15(2)9-6-10-16(20)3/h4-13H,1-3H3,(H2,22,25). The molecule has 3 aromatic rings. The number of para-hydroxylation sites is 1. The molecule has 0 aliphatic carbocycles. The molecule has 0 radical (unpaired) electrons. The number of aryl methyl sites for hydroxylation is 3. The molecule has 0 fully saturated rings. The van der Waals surface area contributed by atoms with Crippen LogP contribution in [-0.4, -0.2) is 11.0 Å². The predicted molar refractivity (Wildman–Crippen MR) is 102 cm³/mol. The van der Waals surface area contributed by atoms with Crippen molar-refractivity contribution in [3.8, 4) is 11.3 Å². The van der Waals surface area contributed by atoms with Crippen LogP contribution in [0, 0.1) is 20.8 Å². The molecule has 4 nitrogen and oxygen atoms in total. The highest BCUT2D eigenvalue weighted by atomic mass is 16.2. The highest BCUT2D eigenvalue weighted by molar-refractivity contribution is 5.99. The lowest BCUT2D eigenvalue weighted by Gasteiger charge is -2.24. The van der Waals surface area contributed by atoms with Gasteiger partial charge in [0.2, 0.25) is 0 Å². The molecule has 0 unspecified atom stereocenters. The van der Waals surface area contributed by atoms with Crippen LogP contribution < -0.4 is 10.6 Å². The maximum atomic E-state index is 12.2. The molecular formula is C21H21N3O. The molecule has 25 heavy (non-hydrogen) atoms. The van der Waals surface area contributed by atoms with E-state index in [1.807, 2.05) is 75.4 Å². The Balaban J connectivity index is 2.15. The Morgan fingerprint density at radius 1 is 0.840 bits per heavy atom. The number of benzene rings is 2. The van der Waals surface area contributed by atoms with Gasteiger partial charge in [0.15, 0.2) is 0 Å². The predicted octanol–water partition coefficient (Wildman–Crippen LogP) is 4.89. The van der Waals surface area contributed by atoms with Crippen molar-refractivity contribution in [2.75, 3.05) is 4.90 Å². The summed E-state index contributed by atoms with van der Waals surface area (Å²) in [7, 11) is 0. The van der Waals surface area contributed by atoms with E-state index in [4.69, 9.17) is 10.7 Å². The topological polar surface area (TPSA) is 59.2 Å². The normalized spacial score (nSPS) is 10.5. The second kappa shape index (κ2) is 6.77. The number of anilines is 2. The number of nitrogens with two attached hydrogens (primary N) is 1. The van der Waals surface area contributed by atoms with Gasteiger partial charge in [0.05, 0.1) is 11.4 Å². The molecule has 2 N–H and O–H groups in total. The first-order valence-corrected chi connectivity index (χ1v) is 8.18. The van der Waals surface area contributed by atoms with E-state index in [2.05, 4.69) is 0 Å². The Labute approximate surface area is 147 Å². The van der Waals surface area contributed by atoms with Crippen molar-refractivity contribution in [1.29, 1.82) is 0 Å². The maximum absolute atomic E-state index is 12.2. The number of primary amides is 1. The van der Waals surface area contributed by atoms with Crippen molar-refractivity contribution in [3.63, 3.8) is 0 Å². The first kappa shape index (κ1) is 16.7. The van der Waals surface area contributed by atoms with Crippen molar-refractivity contribution in [1.82, 2.24) is 4.98 Å². The number of aromatic nitrogens is 1. The summed E-state index contributed by atoms with van der Waals surface area (Å²) in [5.41, 5.74) is 11.4. The van der Waals surface area contributed by atoms with E-state index in [-0.39, 0.29) is 0 Å². The third kappa shape index (κ3) is 3.24. The van der Waals surface area contributed by atoms with Gasteiger partial charge in [-0.2, -0.15) is 0 Å². The molecule has 3 rings (SSSR count). The highest BCUT2D eigenvalue weighted by Gasteiger charge is 2.20. The van der Waals surface area contributed by atoms with Crippen LogP contribution in [-0.2, 0) is 0 Å². The SMILES string of the molecule is Cc1ccccc1-c1cccc(N(C(N)=O)c2c(C)cccc2C)n1. The van der Waals surface area contributed by atoms with E-state index in [9.17, 15) is 4.79 Å². The zero-order chi connectivity index (χ0) is 18.0. The fourth-order valence-corrected chi connectivity index (χ4v) is 3.05. The quantitative estimate of drug-likeness (QED) is 0.743. The van der Waals surface area contributed by atoms with Crippen LogP contribution in [0.2, 0.25) is 0 Å². The number of carbonyl (C=O) groups is 1. The van der Waals surface area contributed by atoms with E-state index in [1.165, 1.54) is 4.90 Å². The Bertz CT molecular complexity index is 914. The van der Waals surface area contributed by atoms with Crippen LogP contribution in [0.4, 0.5) is 16.3 Å². The second-order valence-corrected chi connectivity index (χ2v) is 6.11. The lowest BCUT2D eigenvalue weighted by atomic mass is 10.1. The zero-order valence-electron chi connectivity index (χ0n) is 14.7. The summed E-state index contributed by atoms with van der Waals surface area (Å²) in [4.78, 5) is 18.4. The van der Waals surface area contributed by atoms with Crippen LogP contribution >= 0.6 is 0 Å². The van der Waals surface area contributed by atoms with Crippen LogP contribution in [0.5, 0.6) is 0 Å². The average molecular weight is 331 g/mol. The van der Waals surface area contributed by atoms with Crippen LogP contribution in [0.15, 0.2) is 60.7 Å². The lowest BCUT2D eigenvalue weighted by Crippen LogP contribution is -2.33. The minimum absolute atomic E-state index is 0.519. The molecular weight excluding hydrogens is 310 g/mol. The third-order valence-electron chi connectivity index (χ3n) is 4.27. The third-order valence-corrected chi connectivity index (χ3v) is 4.27. The molecule has 0 aliphatic rings. The van der Waals surface area contributed by atoms with E-state index in [0.29, 0.717) is 5.82 Å². The molecule has 0 bridgehead atoms. The minimum Gasteiger partial charge on any atom is -0.351 e. The summed E-state index contributed by atoms with van der Waals surface area (Å²) in [6.07, 6.45) is 0. The van der Waals surface area contributed by atoms with Crippen LogP contribution in [0.1, 0.15) is 16.7 Å². The summed E-state index contributed by atoms with van der Waals surface area (Å²) in [6, 6.07) is 19.0. The van der Waals surface area contributed by atoms with E-state index in [1.54, 1.807) is 6.07 Å². The van der Waals surface area contributed by atoms with Gasteiger partial charge in [0, 0.05) is 5.56 Å². The Hall–Kier alpha value is -3.14. The summed E-state index contributed by atoms with van der Waals surface area (Å²) >= 11 is 0. The van der Waals surface area contributed by atoms with Crippen molar-refractivity contribution in [2.45, 2.75) is 20.8 Å². The molecule has 2 amide bonds. The number of pyridine rings is 1. The smallest absolute Gasteiger partial charge is 0.325 e.